The predicted molar refractivity (Wildman–Crippen MR) is 143 cm³/mol. The van der Waals surface area contributed by atoms with Crippen LogP contribution in [0.15, 0.2) is 97.1 Å². The number of imidazole rings is 1. The zero-order valence-corrected chi connectivity index (χ0v) is 20.1. The minimum absolute atomic E-state index is 0.0255. The molecule has 0 amide bonds. The summed E-state index contributed by atoms with van der Waals surface area (Å²) in [5, 5.41) is 18.6. The van der Waals surface area contributed by atoms with E-state index in [2.05, 4.69) is 73.8 Å². The van der Waals surface area contributed by atoms with Gasteiger partial charge >= 0.3 is 0 Å². The fourth-order valence-corrected chi connectivity index (χ4v) is 4.50. The third kappa shape index (κ3) is 4.81. The lowest BCUT2D eigenvalue weighted by Gasteiger charge is -2.18. The van der Waals surface area contributed by atoms with Crippen LogP contribution in [0.4, 0.5) is 5.95 Å². The molecule has 2 heterocycles. The Bertz CT molecular complexity index is 1400. The van der Waals surface area contributed by atoms with Gasteiger partial charge in [0.2, 0.25) is 5.95 Å². The van der Waals surface area contributed by atoms with Gasteiger partial charge in [-0.15, -0.1) is 0 Å². The summed E-state index contributed by atoms with van der Waals surface area (Å²) in [4.78, 5) is 5.05. The number of aliphatic hydroxyl groups is 1. The molecule has 2 N–H and O–H groups in total. The Kier molecular flexibility index (Phi) is 6.59. The van der Waals surface area contributed by atoms with Crippen molar-refractivity contribution in [3.05, 3.63) is 97.1 Å². The number of anilines is 1. The first-order valence-electron chi connectivity index (χ1n) is 12.1. The van der Waals surface area contributed by atoms with Crippen molar-refractivity contribution in [2.45, 2.75) is 26.3 Å². The summed E-state index contributed by atoms with van der Waals surface area (Å²) >= 11 is 0. The standard InChI is InChI=1S/C30H30N4O/c1-21(2)18-25(20-35)31-30-32-28(24-16-10-5-11-17-24)29-26(22-12-6-3-7-13-22)19-27(33-34(29)30)23-14-8-4-9-15-23/h3-17,19,21,25,35H,18,20H2,1-2H3,(H,31,32). The highest BCUT2D eigenvalue weighted by Crippen LogP contribution is 2.36. The van der Waals surface area contributed by atoms with Gasteiger partial charge in [0.05, 0.1) is 18.3 Å². The summed E-state index contributed by atoms with van der Waals surface area (Å²) in [6.45, 7) is 4.34. The Morgan fingerprint density at radius 3 is 1.94 bits per heavy atom. The number of rotatable bonds is 8. The summed E-state index contributed by atoms with van der Waals surface area (Å²) in [6, 6.07) is 32.8. The molecule has 2 aromatic heterocycles. The molecule has 0 radical (unpaired) electrons. The van der Waals surface area contributed by atoms with E-state index < -0.39 is 0 Å². The molecule has 0 saturated heterocycles. The lowest BCUT2D eigenvalue weighted by atomic mass is 10.0. The van der Waals surface area contributed by atoms with E-state index in [0.29, 0.717) is 11.9 Å². The van der Waals surface area contributed by atoms with Gasteiger partial charge < -0.3 is 10.4 Å². The molecular formula is C30H30N4O. The topological polar surface area (TPSA) is 62.5 Å². The van der Waals surface area contributed by atoms with Crippen molar-refractivity contribution in [1.82, 2.24) is 14.6 Å². The van der Waals surface area contributed by atoms with Gasteiger partial charge in [-0.3, -0.25) is 0 Å². The number of benzene rings is 3. The molecule has 0 spiro atoms. The van der Waals surface area contributed by atoms with Gasteiger partial charge in [0.25, 0.3) is 0 Å². The van der Waals surface area contributed by atoms with Crippen LogP contribution in [0.5, 0.6) is 0 Å². The lowest BCUT2D eigenvalue weighted by Crippen LogP contribution is -2.27. The van der Waals surface area contributed by atoms with Crippen LogP contribution < -0.4 is 5.32 Å². The van der Waals surface area contributed by atoms with Crippen LogP contribution in [-0.2, 0) is 0 Å². The van der Waals surface area contributed by atoms with E-state index in [-0.39, 0.29) is 12.6 Å². The number of fused-ring (bicyclic) bond motifs is 1. The molecule has 176 valence electrons. The molecule has 1 unspecified atom stereocenters. The Hall–Kier alpha value is -3.96. The third-order valence-corrected chi connectivity index (χ3v) is 6.11. The molecule has 3 aromatic carbocycles. The number of nitrogens with zero attached hydrogens (tertiary/aromatic N) is 3. The Morgan fingerprint density at radius 1 is 0.800 bits per heavy atom. The van der Waals surface area contributed by atoms with Crippen molar-refractivity contribution in [1.29, 1.82) is 0 Å². The molecule has 0 fully saturated rings. The fraction of sp³-hybridized carbons (Fsp3) is 0.200. The van der Waals surface area contributed by atoms with Crippen molar-refractivity contribution < 1.29 is 5.11 Å². The minimum atomic E-state index is -0.119. The molecule has 5 nitrogen and oxygen atoms in total. The molecule has 0 aliphatic rings. The highest BCUT2D eigenvalue weighted by molar-refractivity contribution is 5.93. The van der Waals surface area contributed by atoms with Crippen molar-refractivity contribution in [2.75, 3.05) is 11.9 Å². The average molecular weight is 463 g/mol. The smallest absolute Gasteiger partial charge is 0.225 e. The Morgan fingerprint density at radius 2 is 1.37 bits per heavy atom. The molecule has 0 bridgehead atoms. The van der Waals surface area contributed by atoms with Crippen LogP contribution in [0.1, 0.15) is 20.3 Å². The first kappa shape index (κ1) is 22.8. The van der Waals surface area contributed by atoms with Gasteiger partial charge in [0.15, 0.2) is 0 Å². The molecule has 5 rings (SSSR count). The summed E-state index contributed by atoms with van der Waals surface area (Å²) in [5.74, 6) is 1.07. The van der Waals surface area contributed by atoms with Gasteiger partial charge in [-0.1, -0.05) is 105 Å². The minimum Gasteiger partial charge on any atom is -0.394 e. The normalized spacial score (nSPS) is 12.2. The van der Waals surface area contributed by atoms with Gasteiger partial charge in [-0.05, 0) is 24.0 Å². The zero-order chi connectivity index (χ0) is 24.2. The maximum absolute atomic E-state index is 10.1. The SMILES string of the molecule is CC(C)CC(CO)Nc1nc(-c2ccccc2)c2c(-c3ccccc3)cc(-c3ccccc3)nn12. The van der Waals surface area contributed by atoms with Gasteiger partial charge in [0.1, 0.15) is 11.2 Å². The first-order chi connectivity index (χ1) is 17.1. The van der Waals surface area contributed by atoms with E-state index in [9.17, 15) is 5.11 Å². The molecule has 1 atom stereocenters. The second-order valence-corrected chi connectivity index (χ2v) is 9.24. The van der Waals surface area contributed by atoms with Crippen molar-refractivity contribution in [2.24, 2.45) is 5.92 Å². The summed E-state index contributed by atoms with van der Waals surface area (Å²) in [7, 11) is 0. The van der Waals surface area contributed by atoms with Crippen LogP contribution in [0, 0.1) is 5.92 Å². The number of nitrogens with one attached hydrogen (secondary N) is 1. The van der Waals surface area contributed by atoms with Crippen LogP contribution in [0.25, 0.3) is 39.2 Å². The van der Waals surface area contributed by atoms with Crippen LogP contribution in [-0.4, -0.2) is 32.4 Å². The van der Waals surface area contributed by atoms with Crippen molar-refractivity contribution >= 4 is 11.5 Å². The quantitative estimate of drug-likeness (QED) is 0.274. The third-order valence-electron chi connectivity index (χ3n) is 6.11. The molecule has 0 saturated carbocycles. The van der Waals surface area contributed by atoms with E-state index >= 15 is 0 Å². The summed E-state index contributed by atoms with van der Waals surface area (Å²) in [5.41, 5.74) is 6.87. The highest BCUT2D eigenvalue weighted by Gasteiger charge is 2.22. The van der Waals surface area contributed by atoms with E-state index in [4.69, 9.17) is 10.1 Å². The molecule has 35 heavy (non-hydrogen) atoms. The van der Waals surface area contributed by atoms with Crippen LogP contribution >= 0.6 is 0 Å². The molecule has 5 aromatic rings. The molecule has 0 aliphatic carbocycles. The number of hydrogen-bond donors (Lipinski definition) is 2. The van der Waals surface area contributed by atoms with E-state index in [1.807, 2.05) is 47.0 Å². The second kappa shape index (κ2) is 10.1. The predicted octanol–water partition coefficient (Wildman–Crippen LogP) is 6.55. The second-order valence-electron chi connectivity index (χ2n) is 9.24. The Labute approximate surface area is 206 Å². The van der Waals surface area contributed by atoms with E-state index in [1.54, 1.807) is 0 Å². The van der Waals surface area contributed by atoms with Gasteiger partial charge in [-0.2, -0.15) is 9.61 Å². The van der Waals surface area contributed by atoms with E-state index in [0.717, 1.165) is 45.6 Å². The lowest BCUT2D eigenvalue weighted by molar-refractivity contribution is 0.259. The number of aromatic nitrogens is 3. The molecule has 5 heteroatoms. The van der Waals surface area contributed by atoms with Crippen LogP contribution in [0.3, 0.4) is 0 Å². The number of hydrogen-bond acceptors (Lipinski definition) is 4. The molecule has 0 aliphatic heterocycles. The van der Waals surface area contributed by atoms with Crippen molar-refractivity contribution in [3.63, 3.8) is 0 Å². The first-order valence-corrected chi connectivity index (χ1v) is 12.1. The zero-order valence-electron chi connectivity index (χ0n) is 20.1. The monoisotopic (exact) mass is 462 g/mol. The maximum atomic E-state index is 10.1. The van der Waals surface area contributed by atoms with Gasteiger partial charge in [-0.25, -0.2) is 4.98 Å². The largest absolute Gasteiger partial charge is 0.394 e. The van der Waals surface area contributed by atoms with Crippen molar-refractivity contribution in [3.8, 4) is 33.6 Å². The van der Waals surface area contributed by atoms with Crippen LogP contribution in [0.2, 0.25) is 0 Å². The molecular weight excluding hydrogens is 432 g/mol. The summed E-state index contributed by atoms with van der Waals surface area (Å²) in [6.07, 6.45) is 0.829. The number of aliphatic hydroxyl groups excluding tert-OH is 1. The Balaban J connectivity index is 1.80. The highest BCUT2D eigenvalue weighted by atomic mass is 16.3. The fourth-order valence-electron chi connectivity index (χ4n) is 4.50. The maximum Gasteiger partial charge on any atom is 0.225 e. The summed E-state index contributed by atoms with van der Waals surface area (Å²) < 4.78 is 1.91. The van der Waals surface area contributed by atoms with Gasteiger partial charge in [0, 0.05) is 16.7 Å². The average Bonchev–Trinajstić information content (AvgIpc) is 3.27. The van der Waals surface area contributed by atoms with E-state index in [1.165, 1.54) is 0 Å².